The van der Waals surface area contributed by atoms with Crippen molar-refractivity contribution >= 4 is 51.2 Å². The Bertz CT molecular complexity index is 1160. The molecule has 4 rings (SSSR count). The van der Waals surface area contributed by atoms with Gasteiger partial charge in [-0.2, -0.15) is 5.10 Å². The molecule has 1 N–H and O–H groups in total. The Kier molecular flexibility index (Phi) is 6.73. The van der Waals surface area contributed by atoms with E-state index in [0.717, 1.165) is 25.7 Å². The predicted molar refractivity (Wildman–Crippen MR) is 125 cm³/mol. The number of halogens is 1. The first-order chi connectivity index (χ1) is 14.7. The van der Waals surface area contributed by atoms with Crippen LogP contribution in [-0.4, -0.2) is 32.6 Å². The van der Waals surface area contributed by atoms with E-state index in [1.165, 1.54) is 23.1 Å². The van der Waals surface area contributed by atoms with Gasteiger partial charge in [0, 0.05) is 16.1 Å². The molecule has 0 spiro atoms. The van der Waals surface area contributed by atoms with Crippen molar-refractivity contribution in [3.05, 3.63) is 81.5 Å². The molecule has 0 unspecified atom stereocenters. The number of hydrogen-bond donors (Lipinski definition) is 1. The summed E-state index contributed by atoms with van der Waals surface area (Å²) in [6, 6.07) is 23.6. The van der Waals surface area contributed by atoms with Crippen LogP contribution in [0.5, 0.6) is 0 Å². The van der Waals surface area contributed by atoms with Crippen LogP contribution < -0.4 is 5.43 Å². The molecule has 2 aromatic carbocycles. The molecule has 0 atom stereocenters. The highest BCUT2D eigenvalue weighted by Gasteiger charge is 2.16. The molecule has 0 saturated heterocycles. The Balaban J connectivity index is 1.49. The van der Waals surface area contributed by atoms with Gasteiger partial charge in [-0.15, -0.1) is 21.5 Å². The molecule has 2 heterocycles. The lowest BCUT2D eigenvalue weighted by molar-refractivity contribution is -0.118. The third-order valence-corrected chi connectivity index (χ3v) is 6.47. The zero-order valence-electron chi connectivity index (χ0n) is 15.6. The summed E-state index contributed by atoms with van der Waals surface area (Å²) < 4.78 is 2.97. The van der Waals surface area contributed by atoms with Crippen molar-refractivity contribution < 1.29 is 4.79 Å². The van der Waals surface area contributed by atoms with Crippen LogP contribution in [0.1, 0.15) is 4.88 Å². The number of hydrazone groups is 1. The lowest BCUT2D eigenvalue weighted by Gasteiger charge is -2.10. The summed E-state index contributed by atoms with van der Waals surface area (Å²) in [6.45, 7) is 0. The van der Waals surface area contributed by atoms with E-state index in [9.17, 15) is 4.79 Å². The highest BCUT2D eigenvalue weighted by molar-refractivity contribution is 9.11. The molecule has 0 aliphatic rings. The lowest BCUT2D eigenvalue weighted by atomic mass is 10.2. The smallest absolute Gasteiger partial charge is 0.250 e. The second kappa shape index (κ2) is 9.84. The number of aromatic nitrogens is 3. The van der Waals surface area contributed by atoms with E-state index in [-0.39, 0.29) is 11.7 Å². The second-order valence-electron chi connectivity index (χ2n) is 6.07. The average molecular weight is 498 g/mol. The number of nitrogens with zero attached hydrogens (tertiary/aromatic N) is 4. The summed E-state index contributed by atoms with van der Waals surface area (Å²) >= 11 is 6.25. The SMILES string of the molecule is O=C(CSc1nnc(-c2ccccc2)n1-c1ccccc1)N/N=C/c1ccc(Br)s1. The molecule has 0 fully saturated rings. The third kappa shape index (κ3) is 5.05. The number of amides is 1. The first-order valence-corrected chi connectivity index (χ1v) is 11.6. The first kappa shape index (κ1) is 20.5. The maximum Gasteiger partial charge on any atom is 0.250 e. The molecule has 150 valence electrons. The molecule has 0 aliphatic heterocycles. The van der Waals surface area contributed by atoms with Crippen molar-refractivity contribution in [1.29, 1.82) is 0 Å². The van der Waals surface area contributed by atoms with E-state index in [1.54, 1.807) is 6.21 Å². The maximum atomic E-state index is 12.2. The van der Waals surface area contributed by atoms with Crippen LogP contribution in [0.4, 0.5) is 0 Å². The molecule has 4 aromatic rings. The zero-order valence-corrected chi connectivity index (χ0v) is 18.8. The number of rotatable bonds is 7. The molecule has 0 bridgehead atoms. The summed E-state index contributed by atoms with van der Waals surface area (Å²) in [5.74, 6) is 0.687. The molecule has 0 radical (unpaired) electrons. The normalized spacial score (nSPS) is 11.1. The number of benzene rings is 2. The Labute approximate surface area is 190 Å². The highest BCUT2D eigenvalue weighted by Crippen LogP contribution is 2.27. The molecule has 9 heteroatoms. The number of carbonyl (C=O) groups excluding carboxylic acids is 1. The summed E-state index contributed by atoms with van der Waals surface area (Å²) in [4.78, 5) is 13.2. The molecule has 6 nitrogen and oxygen atoms in total. The number of carbonyl (C=O) groups is 1. The number of hydrogen-bond acceptors (Lipinski definition) is 6. The van der Waals surface area contributed by atoms with Gasteiger partial charge in [-0.3, -0.25) is 9.36 Å². The van der Waals surface area contributed by atoms with Gasteiger partial charge in [0.1, 0.15) is 0 Å². The van der Waals surface area contributed by atoms with E-state index < -0.39 is 0 Å². The topological polar surface area (TPSA) is 72.2 Å². The molecule has 30 heavy (non-hydrogen) atoms. The predicted octanol–water partition coefficient (Wildman–Crippen LogP) is 5.00. The lowest BCUT2D eigenvalue weighted by Crippen LogP contribution is -2.19. The molecular weight excluding hydrogens is 482 g/mol. The molecule has 1 amide bonds. The Morgan fingerprint density at radius 3 is 2.50 bits per heavy atom. The Hall–Kier alpha value is -2.75. The molecule has 0 aliphatic carbocycles. The molecular formula is C21H16BrN5OS2. The monoisotopic (exact) mass is 497 g/mol. The second-order valence-corrected chi connectivity index (χ2v) is 9.50. The minimum absolute atomic E-state index is 0.172. The standard InChI is InChI=1S/C21H16BrN5OS2/c22-18-12-11-17(30-18)13-23-24-19(28)14-29-21-26-25-20(15-7-3-1-4-8-15)27(21)16-9-5-2-6-10-16/h1-13H,14H2,(H,24,28)/b23-13+. The van der Waals surface area contributed by atoms with Gasteiger partial charge in [0.2, 0.25) is 0 Å². The van der Waals surface area contributed by atoms with Crippen LogP contribution in [0, 0.1) is 0 Å². The Morgan fingerprint density at radius 2 is 1.80 bits per heavy atom. The number of thioether (sulfide) groups is 1. The number of para-hydroxylation sites is 1. The van der Waals surface area contributed by atoms with E-state index in [0.29, 0.717) is 5.16 Å². The summed E-state index contributed by atoms with van der Waals surface area (Å²) in [7, 11) is 0. The highest BCUT2D eigenvalue weighted by atomic mass is 79.9. The van der Waals surface area contributed by atoms with Crippen molar-refractivity contribution in [3.63, 3.8) is 0 Å². The van der Waals surface area contributed by atoms with Gasteiger partial charge in [0.05, 0.1) is 15.8 Å². The largest absolute Gasteiger partial charge is 0.272 e. The van der Waals surface area contributed by atoms with Crippen molar-refractivity contribution in [2.24, 2.45) is 5.10 Å². The summed E-state index contributed by atoms with van der Waals surface area (Å²) in [5, 5.41) is 13.3. The van der Waals surface area contributed by atoms with Crippen LogP contribution in [0.15, 0.2) is 86.8 Å². The minimum Gasteiger partial charge on any atom is -0.272 e. The van der Waals surface area contributed by atoms with Gasteiger partial charge >= 0.3 is 0 Å². The van der Waals surface area contributed by atoms with Crippen LogP contribution in [0.2, 0.25) is 0 Å². The van der Waals surface area contributed by atoms with Gasteiger partial charge in [0.25, 0.3) is 5.91 Å². The number of nitrogens with one attached hydrogen (secondary N) is 1. The van der Waals surface area contributed by atoms with Crippen LogP contribution in [0.3, 0.4) is 0 Å². The van der Waals surface area contributed by atoms with Crippen molar-refractivity contribution in [2.75, 3.05) is 5.75 Å². The van der Waals surface area contributed by atoms with Gasteiger partial charge in [-0.25, -0.2) is 5.43 Å². The molecule has 2 aromatic heterocycles. The molecule has 0 saturated carbocycles. The van der Waals surface area contributed by atoms with Crippen LogP contribution in [-0.2, 0) is 4.79 Å². The average Bonchev–Trinajstić information content (AvgIpc) is 3.39. The summed E-state index contributed by atoms with van der Waals surface area (Å²) in [5.41, 5.74) is 4.44. The van der Waals surface area contributed by atoms with E-state index in [2.05, 4.69) is 36.7 Å². The third-order valence-electron chi connectivity index (χ3n) is 3.99. The van der Waals surface area contributed by atoms with Crippen molar-refractivity contribution in [1.82, 2.24) is 20.2 Å². The van der Waals surface area contributed by atoms with Gasteiger partial charge in [0.15, 0.2) is 11.0 Å². The minimum atomic E-state index is -0.212. The zero-order chi connectivity index (χ0) is 20.8. The fraction of sp³-hybridized carbons (Fsp3) is 0.0476. The van der Waals surface area contributed by atoms with E-state index >= 15 is 0 Å². The fourth-order valence-corrected chi connectivity index (χ4v) is 4.72. The fourth-order valence-electron chi connectivity index (χ4n) is 2.68. The first-order valence-electron chi connectivity index (χ1n) is 8.97. The van der Waals surface area contributed by atoms with E-state index in [4.69, 9.17) is 0 Å². The van der Waals surface area contributed by atoms with Crippen LogP contribution in [0.25, 0.3) is 17.1 Å². The van der Waals surface area contributed by atoms with Gasteiger partial charge < -0.3 is 0 Å². The summed E-state index contributed by atoms with van der Waals surface area (Å²) in [6.07, 6.45) is 1.62. The Morgan fingerprint density at radius 1 is 1.07 bits per heavy atom. The number of thiophene rings is 1. The van der Waals surface area contributed by atoms with E-state index in [1.807, 2.05) is 77.4 Å². The van der Waals surface area contributed by atoms with Crippen molar-refractivity contribution in [2.45, 2.75) is 5.16 Å². The van der Waals surface area contributed by atoms with Gasteiger partial charge in [-0.1, -0.05) is 60.3 Å². The maximum absolute atomic E-state index is 12.2. The van der Waals surface area contributed by atoms with Crippen LogP contribution >= 0.6 is 39.0 Å². The van der Waals surface area contributed by atoms with Gasteiger partial charge in [-0.05, 0) is 40.2 Å². The van der Waals surface area contributed by atoms with Crippen molar-refractivity contribution in [3.8, 4) is 17.1 Å². The quantitative estimate of drug-likeness (QED) is 0.221.